The Labute approximate surface area is 87.0 Å². The largest absolute Gasteiger partial charge is 0.376 e. The number of hydrogen-bond donors (Lipinski definition) is 1. The maximum Gasteiger partial charge on any atom is 0.0714 e. The van der Waals surface area contributed by atoms with Gasteiger partial charge in [0.25, 0.3) is 0 Å². The van der Waals surface area contributed by atoms with Crippen molar-refractivity contribution in [1.29, 1.82) is 0 Å². The first kappa shape index (κ1) is 11.9. The smallest absolute Gasteiger partial charge is 0.0714 e. The second-order valence-electron chi connectivity index (χ2n) is 4.17. The van der Waals surface area contributed by atoms with Crippen LogP contribution in [-0.4, -0.2) is 69.3 Å². The summed E-state index contributed by atoms with van der Waals surface area (Å²) in [6.07, 6.45) is 1.34. The normalized spacial score (nSPS) is 24.4. The summed E-state index contributed by atoms with van der Waals surface area (Å²) < 4.78 is 5.62. The lowest BCUT2D eigenvalue weighted by Gasteiger charge is -2.33. The van der Waals surface area contributed by atoms with Gasteiger partial charge < -0.3 is 15.4 Å². The van der Waals surface area contributed by atoms with Crippen molar-refractivity contribution in [3.05, 3.63) is 0 Å². The Bertz CT molecular complexity index is 150. The molecule has 1 atom stereocenters. The zero-order chi connectivity index (χ0) is 10.4. The van der Waals surface area contributed by atoms with Crippen LogP contribution in [0.5, 0.6) is 0 Å². The Morgan fingerprint density at radius 1 is 1.50 bits per heavy atom. The predicted molar refractivity (Wildman–Crippen MR) is 58.4 cm³/mol. The molecule has 2 N–H and O–H groups in total. The second-order valence-corrected chi connectivity index (χ2v) is 4.17. The Morgan fingerprint density at radius 3 is 2.93 bits per heavy atom. The highest BCUT2D eigenvalue weighted by Crippen LogP contribution is 2.07. The van der Waals surface area contributed by atoms with Gasteiger partial charge in [0.05, 0.1) is 12.7 Å². The van der Waals surface area contributed by atoms with Gasteiger partial charge in [-0.3, -0.25) is 4.90 Å². The van der Waals surface area contributed by atoms with E-state index in [2.05, 4.69) is 23.9 Å². The first-order chi connectivity index (χ1) is 6.72. The zero-order valence-electron chi connectivity index (χ0n) is 9.41. The number of nitrogens with zero attached hydrogens (tertiary/aromatic N) is 2. The van der Waals surface area contributed by atoms with Crippen LogP contribution in [-0.2, 0) is 4.74 Å². The average molecular weight is 201 g/mol. The molecule has 14 heavy (non-hydrogen) atoms. The summed E-state index contributed by atoms with van der Waals surface area (Å²) in [5.41, 5.74) is 5.52. The van der Waals surface area contributed by atoms with Gasteiger partial charge in [-0.25, -0.2) is 0 Å². The molecule has 0 aromatic rings. The van der Waals surface area contributed by atoms with Crippen molar-refractivity contribution in [3.8, 4) is 0 Å². The van der Waals surface area contributed by atoms with Crippen LogP contribution >= 0.6 is 0 Å². The summed E-state index contributed by atoms with van der Waals surface area (Å²) in [5, 5.41) is 0. The minimum absolute atomic E-state index is 0.357. The molecule has 4 nitrogen and oxygen atoms in total. The molecule has 1 rings (SSSR count). The van der Waals surface area contributed by atoms with Crippen LogP contribution in [0.15, 0.2) is 0 Å². The Hall–Kier alpha value is -0.160. The Balaban J connectivity index is 2.18. The van der Waals surface area contributed by atoms with Crippen LogP contribution in [0.1, 0.15) is 6.42 Å². The Morgan fingerprint density at radius 2 is 2.29 bits per heavy atom. The maximum atomic E-state index is 5.62. The van der Waals surface area contributed by atoms with Gasteiger partial charge in [0.15, 0.2) is 0 Å². The molecule has 1 heterocycles. The quantitative estimate of drug-likeness (QED) is 0.657. The molecule has 0 amide bonds. The van der Waals surface area contributed by atoms with Gasteiger partial charge in [-0.1, -0.05) is 0 Å². The molecule has 1 unspecified atom stereocenters. The number of likely N-dealkylation sites (N-methyl/N-ethyl adjacent to an activating group) is 1. The lowest BCUT2D eigenvalue weighted by molar-refractivity contribution is -0.0318. The van der Waals surface area contributed by atoms with Gasteiger partial charge in [0, 0.05) is 26.2 Å². The summed E-state index contributed by atoms with van der Waals surface area (Å²) in [7, 11) is 4.22. The highest BCUT2D eigenvalue weighted by atomic mass is 16.5. The van der Waals surface area contributed by atoms with Gasteiger partial charge in [-0.2, -0.15) is 0 Å². The molecule has 0 spiro atoms. The molecule has 1 fully saturated rings. The zero-order valence-corrected chi connectivity index (χ0v) is 9.41. The molecular formula is C10H23N3O. The van der Waals surface area contributed by atoms with Gasteiger partial charge in [0.2, 0.25) is 0 Å². The molecule has 1 aliphatic rings. The number of ether oxygens (including phenoxy) is 1. The van der Waals surface area contributed by atoms with Crippen molar-refractivity contribution in [3.63, 3.8) is 0 Å². The molecule has 0 aliphatic carbocycles. The molecule has 0 saturated carbocycles. The van der Waals surface area contributed by atoms with E-state index in [9.17, 15) is 0 Å². The summed E-state index contributed by atoms with van der Waals surface area (Å²) in [6.45, 7) is 5.96. The number of nitrogens with two attached hydrogens (primary N) is 1. The highest BCUT2D eigenvalue weighted by molar-refractivity contribution is 4.72. The highest BCUT2D eigenvalue weighted by Gasteiger charge is 2.19. The first-order valence-corrected chi connectivity index (χ1v) is 5.41. The maximum absolute atomic E-state index is 5.62. The minimum Gasteiger partial charge on any atom is -0.376 e. The molecule has 0 radical (unpaired) electrons. The van der Waals surface area contributed by atoms with Gasteiger partial charge in [0.1, 0.15) is 0 Å². The van der Waals surface area contributed by atoms with Gasteiger partial charge >= 0.3 is 0 Å². The van der Waals surface area contributed by atoms with E-state index in [-0.39, 0.29) is 0 Å². The molecule has 84 valence electrons. The third kappa shape index (κ3) is 4.37. The monoisotopic (exact) mass is 201 g/mol. The van der Waals surface area contributed by atoms with Crippen molar-refractivity contribution in [2.45, 2.75) is 12.5 Å². The van der Waals surface area contributed by atoms with Crippen LogP contribution < -0.4 is 5.73 Å². The third-order valence-corrected chi connectivity index (χ3v) is 2.57. The summed E-state index contributed by atoms with van der Waals surface area (Å²) in [4.78, 5) is 4.68. The van der Waals surface area contributed by atoms with Gasteiger partial charge in [-0.15, -0.1) is 0 Å². The van der Waals surface area contributed by atoms with Crippen LogP contribution in [0.2, 0.25) is 0 Å². The van der Waals surface area contributed by atoms with Crippen molar-refractivity contribution in [1.82, 2.24) is 9.80 Å². The van der Waals surface area contributed by atoms with E-state index in [4.69, 9.17) is 10.5 Å². The van der Waals surface area contributed by atoms with Gasteiger partial charge in [-0.05, 0) is 27.1 Å². The number of hydrogen-bond acceptors (Lipinski definition) is 4. The topological polar surface area (TPSA) is 41.7 Å². The minimum atomic E-state index is 0.357. The summed E-state index contributed by atoms with van der Waals surface area (Å²) in [6, 6.07) is 0. The first-order valence-electron chi connectivity index (χ1n) is 5.41. The van der Waals surface area contributed by atoms with Crippen LogP contribution in [0.4, 0.5) is 0 Å². The van der Waals surface area contributed by atoms with Crippen LogP contribution in [0, 0.1) is 0 Å². The molecule has 1 saturated heterocycles. The molecule has 0 aromatic carbocycles. The van der Waals surface area contributed by atoms with E-state index in [1.54, 1.807) is 0 Å². The molecule has 1 aliphatic heterocycles. The number of morpholine rings is 1. The average Bonchev–Trinajstić information content (AvgIpc) is 2.16. The fourth-order valence-electron chi connectivity index (χ4n) is 1.69. The van der Waals surface area contributed by atoms with E-state index in [1.165, 1.54) is 0 Å². The van der Waals surface area contributed by atoms with Crippen molar-refractivity contribution < 1.29 is 4.74 Å². The lowest BCUT2D eigenvalue weighted by Crippen LogP contribution is -2.45. The molecule has 0 aromatic heterocycles. The molecule has 0 bridgehead atoms. The SMILES string of the molecule is CN(C)CCN1CCOC(CCN)C1. The standard InChI is InChI=1S/C10H23N3O/c1-12(2)5-6-13-7-8-14-10(9-13)3-4-11/h10H,3-9,11H2,1-2H3. The number of rotatable bonds is 5. The van der Waals surface area contributed by atoms with Crippen molar-refractivity contribution in [2.75, 3.05) is 53.4 Å². The molecule has 4 heteroatoms. The van der Waals surface area contributed by atoms with Crippen molar-refractivity contribution >= 4 is 0 Å². The van der Waals surface area contributed by atoms with E-state index >= 15 is 0 Å². The van der Waals surface area contributed by atoms with E-state index in [0.717, 1.165) is 45.8 Å². The van der Waals surface area contributed by atoms with E-state index < -0.39 is 0 Å². The Kier molecular flexibility index (Phi) is 5.40. The predicted octanol–water partition coefficient (Wildman–Crippen LogP) is -0.402. The fourth-order valence-corrected chi connectivity index (χ4v) is 1.69. The fraction of sp³-hybridized carbons (Fsp3) is 1.00. The summed E-state index contributed by atoms with van der Waals surface area (Å²) in [5.74, 6) is 0. The van der Waals surface area contributed by atoms with E-state index in [0.29, 0.717) is 6.10 Å². The second kappa shape index (κ2) is 6.35. The lowest BCUT2D eigenvalue weighted by atomic mass is 10.2. The molecular weight excluding hydrogens is 178 g/mol. The van der Waals surface area contributed by atoms with E-state index in [1.807, 2.05) is 0 Å². The van der Waals surface area contributed by atoms with Crippen molar-refractivity contribution in [2.24, 2.45) is 5.73 Å². The van der Waals surface area contributed by atoms with Crippen LogP contribution in [0.25, 0.3) is 0 Å². The van der Waals surface area contributed by atoms with Crippen LogP contribution in [0.3, 0.4) is 0 Å². The summed E-state index contributed by atoms with van der Waals surface area (Å²) >= 11 is 0. The third-order valence-electron chi connectivity index (χ3n) is 2.57.